The van der Waals surface area contributed by atoms with Gasteiger partial charge in [0, 0.05) is 11.6 Å². The van der Waals surface area contributed by atoms with E-state index in [9.17, 15) is 8.78 Å². The smallest absolute Gasteiger partial charge is 0.186 e. The highest BCUT2D eigenvalue weighted by molar-refractivity contribution is 6.30. The van der Waals surface area contributed by atoms with Crippen LogP contribution in [0.5, 0.6) is 5.75 Å². The number of fused-ring (bicyclic) bond motifs is 1. The van der Waals surface area contributed by atoms with Crippen LogP contribution in [0.3, 0.4) is 0 Å². The Morgan fingerprint density at radius 2 is 1.93 bits per heavy atom. The molecule has 3 aromatic rings. The fourth-order valence-electron chi connectivity index (χ4n) is 4.00. The van der Waals surface area contributed by atoms with Gasteiger partial charge in [-0.25, -0.2) is 13.8 Å². The molecule has 0 spiro atoms. The predicted octanol–water partition coefficient (Wildman–Crippen LogP) is 6.22. The average molecular weight is 391 g/mol. The molecule has 0 aliphatic heterocycles. The van der Waals surface area contributed by atoms with Crippen molar-refractivity contribution in [2.45, 2.75) is 38.6 Å². The van der Waals surface area contributed by atoms with Crippen LogP contribution >= 0.6 is 11.6 Å². The van der Waals surface area contributed by atoms with Crippen molar-refractivity contribution < 1.29 is 13.5 Å². The summed E-state index contributed by atoms with van der Waals surface area (Å²) < 4.78 is 35.7. The molecule has 6 heteroatoms. The number of hydrogen-bond acceptors (Lipinski definition) is 2. The predicted molar refractivity (Wildman–Crippen MR) is 103 cm³/mol. The van der Waals surface area contributed by atoms with E-state index < -0.39 is 11.6 Å². The molecule has 2 aromatic carbocycles. The Labute approximate surface area is 161 Å². The molecule has 1 saturated carbocycles. The number of benzene rings is 2. The highest BCUT2D eigenvalue weighted by Gasteiger charge is 2.23. The molecule has 0 radical (unpaired) electrons. The molecule has 0 bridgehead atoms. The number of aromatic nitrogens is 2. The van der Waals surface area contributed by atoms with Gasteiger partial charge in [0.15, 0.2) is 11.6 Å². The number of hydrogen-bond donors (Lipinski definition) is 0. The lowest BCUT2D eigenvalue weighted by atomic mass is 9.89. The first-order chi connectivity index (χ1) is 13.1. The fraction of sp³-hybridized carbons (Fsp3) is 0.381. The lowest BCUT2D eigenvalue weighted by molar-refractivity contribution is 0.323. The maximum absolute atomic E-state index is 14.4. The van der Waals surface area contributed by atoms with Crippen LogP contribution in [-0.4, -0.2) is 16.7 Å². The zero-order valence-electron chi connectivity index (χ0n) is 15.1. The third-order valence-corrected chi connectivity index (χ3v) is 5.62. The van der Waals surface area contributed by atoms with E-state index in [1.165, 1.54) is 25.3 Å². The maximum Gasteiger partial charge on any atom is 0.186 e. The summed E-state index contributed by atoms with van der Waals surface area (Å²) in [5.41, 5.74) is 1.37. The molecule has 1 aliphatic rings. The van der Waals surface area contributed by atoms with Crippen molar-refractivity contribution in [2.24, 2.45) is 5.92 Å². The summed E-state index contributed by atoms with van der Waals surface area (Å²) in [7, 11) is 1.56. The topological polar surface area (TPSA) is 27.1 Å². The first-order valence-electron chi connectivity index (χ1n) is 9.26. The first kappa shape index (κ1) is 18.2. The SMILES string of the molecule is COc1cc(Cl)ccc1-c1nc2c(F)c(F)ccc2n1CC1CCCCC1. The second-order valence-electron chi connectivity index (χ2n) is 7.12. The van der Waals surface area contributed by atoms with Crippen molar-refractivity contribution in [3.05, 3.63) is 47.0 Å². The summed E-state index contributed by atoms with van der Waals surface area (Å²) in [6, 6.07) is 8.04. The molecule has 27 heavy (non-hydrogen) atoms. The van der Waals surface area contributed by atoms with Gasteiger partial charge in [0.2, 0.25) is 0 Å². The molecule has 3 nitrogen and oxygen atoms in total. The van der Waals surface area contributed by atoms with Gasteiger partial charge >= 0.3 is 0 Å². The van der Waals surface area contributed by atoms with Crippen molar-refractivity contribution in [3.8, 4) is 17.1 Å². The second-order valence-corrected chi connectivity index (χ2v) is 7.56. The van der Waals surface area contributed by atoms with Crippen LogP contribution in [0, 0.1) is 17.6 Å². The Balaban J connectivity index is 1.90. The van der Waals surface area contributed by atoms with Crippen LogP contribution in [0.15, 0.2) is 30.3 Å². The normalized spacial score (nSPS) is 15.4. The largest absolute Gasteiger partial charge is 0.496 e. The minimum atomic E-state index is -0.913. The van der Waals surface area contributed by atoms with Crippen LogP contribution in [0.1, 0.15) is 32.1 Å². The monoisotopic (exact) mass is 390 g/mol. The number of halogens is 3. The Bertz CT molecular complexity index is 980. The highest BCUT2D eigenvalue weighted by Crippen LogP contribution is 2.36. The van der Waals surface area contributed by atoms with Gasteiger partial charge in [-0.2, -0.15) is 0 Å². The molecule has 0 N–H and O–H groups in total. The van der Waals surface area contributed by atoms with Gasteiger partial charge in [0.25, 0.3) is 0 Å². The van der Waals surface area contributed by atoms with Gasteiger partial charge in [-0.3, -0.25) is 0 Å². The maximum atomic E-state index is 14.4. The summed E-state index contributed by atoms with van der Waals surface area (Å²) in [5.74, 6) is -0.165. The number of methoxy groups -OCH3 is 1. The summed E-state index contributed by atoms with van der Waals surface area (Å²) >= 11 is 6.09. The number of imidazole rings is 1. The number of rotatable bonds is 4. The van der Waals surface area contributed by atoms with Crippen molar-refractivity contribution >= 4 is 22.6 Å². The molecule has 1 heterocycles. The van der Waals surface area contributed by atoms with Crippen molar-refractivity contribution in [1.29, 1.82) is 0 Å². The molecule has 4 rings (SSSR count). The molecule has 1 aliphatic carbocycles. The van der Waals surface area contributed by atoms with Gasteiger partial charge in [-0.15, -0.1) is 0 Å². The molecule has 142 valence electrons. The molecule has 0 atom stereocenters. The van der Waals surface area contributed by atoms with E-state index in [0.717, 1.165) is 19.4 Å². The average Bonchev–Trinajstić information content (AvgIpc) is 3.04. The Hall–Kier alpha value is -2.14. The van der Waals surface area contributed by atoms with Crippen LogP contribution in [-0.2, 0) is 6.54 Å². The first-order valence-corrected chi connectivity index (χ1v) is 9.64. The summed E-state index contributed by atoms with van der Waals surface area (Å²) in [4.78, 5) is 4.47. The van der Waals surface area contributed by atoms with Crippen molar-refractivity contribution in [3.63, 3.8) is 0 Å². The summed E-state index contributed by atoms with van der Waals surface area (Å²) in [6.45, 7) is 0.725. The molecule has 0 amide bonds. The van der Waals surface area contributed by atoms with Crippen LogP contribution in [0.2, 0.25) is 5.02 Å². The molecular weight excluding hydrogens is 370 g/mol. The minimum Gasteiger partial charge on any atom is -0.496 e. The van der Waals surface area contributed by atoms with Crippen LogP contribution in [0.25, 0.3) is 22.4 Å². The molecular formula is C21H21ClF2N2O. The zero-order chi connectivity index (χ0) is 19.0. The van der Waals surface area contributed by atoms with E-state index in [2.05, 4.69) is 4.98 Å². The van der Waals surface area contributed by atoms with E-state index in [0.29, 0.717) is 33.6 Å². The molecule has 0 unspecified atom stereocenters. The third kappa shape index (κ3) is 3.41. The second kappa shape index (κ2) is 7.47. The van der Waals surface area contributed by atoms with E-state index in [1.807, 2.05) is 10.6 Å². The van der Waals surface area contributed by atoms with E-state index >= 15 is 0 Å². The van der Waals surface area contributed by atoms with E-state index in [-0.39, 0.29) is 5.52 Å². The van der Waals surface area contributed by atoms with Crippen LogP contribution < -0.4 is 4.74 Å². The van der Waals surface area contributed by atoms with E-state index in [4.69, 9.17) is 16.3 Å². The van der Waals surface area contributed by atoms with E-state index in [1.54, 1.807) is 25.3 Å². The summed E-state index contributed by atoms with van der Waals surface area (Å²) in [5, 5.41) is 0.544. The van der Waals surface area contributed by atoms with Gasteiger partial charge in [0.1, 0.15) is 17.1 Å². The quantitative estimate of drug-likeness (QED) is 0.528. The Morgan fingerprint density at radius 3 is 2.67 bits per heavy atom. The number of nitrogens with zero attached hydrogens (tertiary/aromatic N) is 2. The molecule has 1 aromatic heterocycles. The van der Waals surface area contributed by atoms with Gasteiger partial charge in [-0.05, 0) is 49.1 Å². The van der Waals surface area contributed by atoms with Gasteiger partial charge in [-0.1, -0.05) is 30.9 Å². The minimum absolute atomic E-state index is 0.0535. The standard InChI is InChI=1S/C21H21ClF2N2O/c1-27-18-11-14(22)7-8-15(18)21-25-20-17(10-9-16(23)19(20)24)26(21)12-13-5-3-2-4-6-13/h7-11,13H,2-6,12H2,1H3. The fourth-order valence-corrected chi connectivity index (χ4v) is 4.16. The number of ether oxygens (including phenoxy) is 1. The lowest BCUT2D eigenvalue weighted by Crippen LogP contribution is -2.15. The molecule has 0 saturated heterocycles. The van der Waals surface area contributed by atoms with Crippen LogP contribution in [0.4, 0.5) is 8.78 Å². The zero-order valence-corrected chi connectivity index (χ0v) is 15.9. The van der Waals surface area contributed by atoms with Crippen molar-refractivity contribution in [2.75, 3.05) is 7.11 Å². The van der Waals surface area contributed by atoms with Gasteiger partial charge in [0.05, 0.1) is 18.2 Å². The molecule has 1 fully saturated rings. The van der Waals surface area contributed by atoms with Crippen molar-refractivity contribution in [1.82, 2.24) is 9.55 Å². The van der Waals surface area contributed by atoms with Gasteiger partial charge < -0.3 is 9.30 Å². The Morgan fingerprint density at radius 1 is 1.15 bits per heavy atom. The summed E-state index contributed by atoms with van der Waals surface area (Å²) in [6.07, 6.45) is 5.96. The third-order valence-electron chi connectivity index (χ3n) is 5.38. The Kier molecular flexibility index (Phi) is 5.04. The highest BCUT2D eigenvalue weighted by atomic mass is 35.5. The lowest BCUT2D eigenvalue weighted by Gasteiger charge is -2.23.